The zero-order valence-corrected chi connectivity index (χ0v) is 17.3. The van der Waals surface area contributed by atoms with Gasteiger partial charge in [-0.2, -0.15) is 0 Å². The van der Waals surface area contributed by atoms with Gasteiger partial charge in [-0.05, 0) is 29.8 Å². The number of nitrogens with one attached hydrogen (secondary N) is 1. The molecule has 0 aliphatic carbocycles. The summed E-state index contributed by atoms with van der Waals surface area (Å²) in [5.74, 6) is -0.299. The third-order valence-electron chi connectivity index (χ3n) is 5.29. The molecule has 5 nitrogen and oxygen atoms in total. The van der Waals surface area contributed by atoms with E-state index in [-0.39, 0.29) is 16.5 Å². The highest BCUT2D eigenvalue weighted by atomic mass is 19.1. The van der Waals surface area contributed by atoms with E-state index in [4.69, 9.17) is 0 Å². The minimum atomic E-state index is -0.509. The molecule has 3 heterocycles. The third kappa shape index (κ3) is 4.16. The summed E-state index contributed by atoms with van der Waals surface area (Å²) in [6, 6.07) is 6.87. The Morgan fingerprint density at radius 1 is 1.17 bits per heavy atom. The van der Waals surface area contributed by atoms with Crippen LogP contribution in [0.25, 0.3) is 11.3 Å². The molecule has 156 valence electrons. The van der Waals surface area contributed by atoms with Gasteiger partial charge in [-0.15, -0.1) is 0 Å². The standard InChI is InChI=1S/C23H24F2N4O/c1-23(2,3)22-27-20-8-9-29(13-17(20)21(30)28-22)12-14-4-7-19(26-11-14)16-10-15(24)5-6-18(16)25/h4-7,10-11H,8-9,12-13H2,1-3H3,(H,27,28,30). The number of benzene rings is 1. The van der Waals surface area contributed by atoms with E-state index < -0.39 is 11.6 Å². The first kappa shape index (κ1) is 20.3. The van der Waals surface area contributed by atoms with E-state index in [1.807, 2.05) is 26.8 Å². The van der Waals surface area contributed by atoms with Crippen LogP contribution in [0, 0.1) is 11.6 Å². The summed E-state index contributed by atoms with van der Waals surface area (Å²) in [7, 11) is 0. The van der Waals surface area contributed by atoms with Gasteiger partial charge in [-0.25, -0.2) is 13.8 Å². The minimum Gasteiger partial charge on any atom is -0.310 e. The molecule has 0 radical (unpaired) electrons. The van der Waals surface area contributed by atoms with Crippen molar-refractivity contribution in [2.24, 2.45) is 0 Å². The van der Waals surface area contributed by atoms with Crippen molar-refractivity contribution in [2.45, 2.75) is 45.7 Å². The number of H-pyrrole nitrogens is 1. The van der Waals surface area contributed by atoms with Crippen molar-refractivity contribution in [2.75, 3.05) is 6.54 Å². The SMILES string of the molecule is CC(C)(C)c1nc2c(c(=O)[nH]1)CN(Cc1ccc(-c3cc(F)ccc3F)nc1)CC2. The third-order valence-corrected chi connectivity index (χ3v) is 5.29. The van der Waals surface area contributed by atoms with Gasteiger partial charge in [0, 0.05) is 43.2 Å². The second-order valence-electron chi connectivity index (χ2n) is 8.73. The molecule has 7 heteroatoms. The maximum Gasteiger partial charge on any atom is 0.255 e. The number of hydrogen-bond donors (Lipinski definition) is 1. The summed E-state index contributed by atoms with van der Waals surface area (Å²) in [4.78, 5) is 26.7. The topological polar surface area (TPSA) is 61.9 Å². The van der Waals surface area contributed by atoms with Crippen molar-refractivity contribution in [1.29, 1.82) is 0 Å². The smallest absolute Gasteiger partial charge is 0.255 e. The molecule has 0 unspecified atom stereocenters. The predicted molar refractivity (Wildman–Crippen MR) is 111 cm³/mol. The van der Waals surface area contributed by atoms with Crippen molar-refractivity contribution >= 4 is 0 Å². The lowest BCUT2D eigenvalue weighted by molar-refractivity contribution is 0.240. The first-order valence-corrected chi connectivity index (χ1v) is 9.96. The Kier molecular flexibility index (Phi) is 5.24. The van der Waals surface area contributed by atoms with Crippen molar-refractivity contribution in [1.82, 2.24) is 19.9 Å². The first-order valence-electron chi connectivity index (χ1n) is 9.96. The Bertz CT molecular complexity index is 1130. The van der Waals surface area contributed by atoms with E-state index in [1.54, 1.807) is 12.3 Å². The van der Waals surface area contributed by atoms with Gasteiger partial charge in [-0.3, -0.25) is 14.7 Å². The van der Waals surface area contributed by atoms with E-state index in [2.05, 4.69) is 19.9 Å². The van der Waals surface area contributed by atoms with Crippen molar-refractivity contribution in [3.05, 3.63) is 81.2 Å². The lowest BCUT2D eigenvalue weighted by Crippen LogP contribution is -2.37. The van der Waals surface area contributed by atoms with Gasteiger partial charge >= 0.3 is 0 Å². The average molecular weight is 410 g/mol. The van der Waals surface area contributed by atoms with Crippen LogP contribution in [0.3, 0.4) is 0 Å². The van der Waals surface area contributed by atoms with Crippen LogP contribution in [0.15, 0.2) is 41.3 Å². The van der Waals surface area contributed by atoms with Crippen molar-refractivity contribution < 1.29 is 8.78 Å². The van der Waals surface area contributed by atoms with E-state index in [1.165, 1.54) is 0 Å². The van der Waals surface area contributed by atoms with Crippen LogP contribution in [0.2, 0.25) is 0 Å². The van der Waals surface area contributed by atoms with Gasteiger partial charge in [-0.1, -0.05) is 26.8 Å². The highest BCUT2D eigenvalue weighted by Crippen LogP contribution is 2.24. The van der Waals surface area contributed by atoms with Crippen LogP contribution in [-0.2, 0) is 24.9 Å². The van der Waals surface area contributed by atoms with Crippen LogP contribution < -0.4 is 5.56 Å². The summed E-state index contributed by atoms with van der Waals surface area (Å²) < 4.78 is 27.4. The van der Waals surface area contributed by atoms with E-state index in [9.17, 15) is 13.6 Å². The highest BCUT2D eigenvalue weighted by molar-refractivity contribution is 5.59. The summed E-state index contributed by atoms with van der Waals surface area (Å²) in [5.41, 5.74) is 2.76. The number of fused-ring (bicyclic) bond motifs is 1. The zero-order chi connectivity index (χ0) is 21.5. The molecule has 1 aliphatic heterocycles. The van der Waals surface area contributed by atoms with Crippen LogP contribution in [0.5, 0.6) is 0 Å². The average Bonchev–Trinajstić information content (AvgIpc) is 2.70. The Morgan fingerprint density at radius 3 is 2.67 bits per heavy atom. The molecule has 0 saturated carbocycles. The van der Waals surface area contributed by atoms with Gasteiger partial charge in [0.1, 0.15) is 17.5 Å². The number of halogens is 2. The van der Waals surface area contributed by atoms with Crippen molar-refractivity contribution in [3.63, 3.8) is 0 Å². The molecule has 1 N–H and O–H groups in total. The summed E-state index contributed by atoms with van der Waals surface area (Å²) in [5, 5.41) is 0. The van der Waals surface area contributed by atoms with Gasteiger partial charge < -0.3 is 4.98 Å². The Labute approximate surface area is 173 Å². The largest absolute Gasteiger partial charge is 0.310 e. The molecule has 1 aliphatic rings. The molecule has 2 aromatic heterocycles. The minimum absolute atomic E-state index is 0.0790. The fourth-order valence-corrected chi connectivity index (χ4v) is 3.60. The number of pyridine rings is 1. The van der Waals surface area contributed by atoms with Crippen LogP contribution in [-0.4, -0.2) is 26.4 Å². The molecule has 0 bridgehead atoms. The maximum absolute atomic E-state index is 14.0. The Balaban J connectivity index is 1.50. The van der Waals surface area contributed by atoms with Crippen LogP contribution in [0.4, 0.5) is 8.78 Å². The fourth-order valence-electron chi connectivity index (χ4n) is 3.60. The number of rotatable bonds is 3. The number of nitrogens with zero attached hydrogens (tertiary/aromatic N) is 3. The van der Waals surface area contributed by atoms with Gasteiger partial charge in [0.2, 0.25) is 0 Å². The lowest BCUT2D eigenvalue weighted by atomic mass is 9.95. The molecular weight excluding hydrogens is 386 g/mol. The summed E-state index contributed by atoms with van der Waals surface area (Å²) in [6.45, 7) is 7.99. The lowest BCUT2D eigenvalue weighted by Gasteiger charge is -2.28. The highest BCUT2D eigenvalue weighted by Gasteiger charge is 2.24. The summed E-state index contributed by atoms with van der Waals surface area (Å²) >= 11 is 0. The zero-order valence-electron chi connectivity index (χ0n) is 17.3. The Hall–Kier alpha value is -2.93. The van der Waals surface area contributed by atoms with E-state index in [0.717, 1.165) is 36.0 Å². The maximum atomic E-state index is 14.0. The number of aromatic nitrogens is 3. The van der Waals surface area contributed by atoms with E-state index in [0.29, 0.717) is 36.6 Å². The second kappa shape index (κ2) is 7.72. The van der Waals surface area contributed by atoms with Crippen LogP contribution in [0.1, 0.15) is 43.4 Å². The normalized spacial score (nSPS) is 14.6. The van der Waals surface area contributed by atoms with Gasteiger partial charge in [0.15, 0.2) is 0 Å². The molecule has 0 saturated heterocycles. The van der Waals surface area contributed by atoms with Crippen LogP contribution >= 0.6 is 0 Å². The number of aromatic amines is 1. The summed E-state index contributed by atoms with van der Waals surface area (Å²) in [6.07, 6.45) is 2.38. The monoisotopic (exact) mass is 410 g/mol. The molecule has 4 rings (SSSR count). The molecular formula is C23H24F2N4O. The molecule has 0 amide bonds. The van der Waals surface area contributed by atoms with Crippen molar-refractivity contribution in [3.8, 4) is 11.3 Å². The number of hydrogen-bond acceptors (Lipinski definition) is 4. The first-order chi connectivity index (χ1) is 14.2. The molecule has 30 heavy (non-hydrogen) atoms. The molecule has 1 aromatic carbocycles. The quantitative estimate of drug-likeness (QED) is 0.710. The molecule has 0 fully saturated rings. The molecule has 3 aromatic rings. The van der Waals surface area contributed by atoms with Gasteiger partial charge in [0.05, 0.1) is 17.0 Å². The molecule has 0 atom stereocenters. The second-order valence-corrected chi connectivity index (χ2v) is 8.73. The molecule has 0 spiro atoms. The predicted octanol–water partition coefficient (Wildman–Crippen LogP) is 3.97. The Morgan fingerprint density at radius 2 is 1.97 bits per heavy atom. The van der Waals surface area contributed by atoms with E-state index >= 15 is 0 Å². The fraction of sp³-hybridized carbons (Fsp3) is 0.348. The van der Waals surface area contributed by atoms with Gasteiger partial charge in [0.25, 0.3) is 5.56 Å².